The summed E-state index contributed by atoms with van der Waals surface area (Å²) in [4.78, 5) is 38.7. The summed E-state index contributed by atoms with van der Waals surface area (Å²) in [6.07, 6.45) is 11.8. The number of nitrogens with one attached hydrogen (secondary N) is 1. The third-order valence-electron chi connectivity index (χ3n) is 10.9. The van der Waals surface area contributed by atoms with Crippen LogP contribution in [0.3, 0.4) is 0 Å². The summed E-state index contributed by atoms with van der Waals surface area (Å²) < 4.78 is 46.6. The highest BCUT2D eigenvalue weighted by atomic mass is 19.1. The van der Waals surface area contributed by atoms with Gasteiger partial charge in [0.1, 0.15) is 30.2 Å². The summed E-state index contributed by atoms with van der Waals surface area (Å²) in [5, 5.41) is 4.65. The molecule has 1 aromatic heterocycles. The number of halogens is 2. The molecule has 2 atom stereocenters. The van der Waals surface area contributed by atoms with E-state index in [4.69, 9.17) is 30.6 Å². The van der Waals surface area contributed by atoms with Crippen molar-refractivity contribution in [2.75, 3.05) is 39.1 Å². The highest BCUT2D eigenvalue weighted by Gasteiger charge is 2.42. The van der Waals surface area contributed by atoms with Gasteiger partial charge >= 0.3 is 12.2 Å². The maximum atomic E-state index is 15.2. The Balaban J connectivity index is 1.43. The van der Waals surface area contributed by atoms with Crippen molar-refractivity contribution in [1.29, 1.82) is 0 Å². The molecule has 0 bridgehead atoms. The number of aromatic nitrogens is 2. The van der Waals surface area contributed by atoms with Gasteiger partial charge in [0.25, 0.3) is 0 Å². The SMILES string of the molecule is C#Cc1c(F)ccc2cc(OC(=O)OC(C)C)cc(C3=Cc4nc(OC[C@]5(C)C[C@@H](F)CN5C)nc(NCC5(N(C)C(=O)C=C)CCCC5)c4CC3)c12. The normalized spacial score (nSPS) is 20.7. The molecule has 1 saturated heterocycles. The lowest BCUT2D eigenvalue weighted by atomic mass is 9.87. The molecule has 10 nitrogen and oxygen atoms in total. The van der Waals surface area contributed by atoms with Gasteiger partial charge in [-0.05, 0) is 100 Å². The van der Waals surface area contributed by atoms with Crippen molar-refractivity contribution in [1.82, 2.24) is 19.8 Å². The molecule has 3 aliphatic rings. The lowest BCUT2D eigenvalue weighted by Gasteiger charge is -2.39. The van der Waals surface area contributed by atoms with Gasteiger partial charge in [0.05, 0.1) is 28.4 Å². The van der Waals surface area contributed by atoms with Crippen LogP contribution in [0.15, 0.2) is 36.9 Å². The number of anilines is 1. The molecule has 1 aliphatic heterocycles. The fraction of sp³-hybridized carbons (Fsp3) is 0.463. The topological polar surface area (TPSA) is 106 Å². The number of carbonyl (C=O) groups excluding carboxylic acids is 2. The molecule has 2 fully saturated rings. The third-order valence-corrected chi connectivity index (χ3v) is 10.9. The molecule has 2 heterocycles. The first-order valence-corrected chi connectivity index (χ1v) is 18.1. The fourth-order valence-corrected chi connectivity index (χ4v) is 7.83. The van der Waals surface area contributed by atoms with Crippen LogP contribution in [0.2, 0.25) is 0 Å². The number of hydrogen-bond acceptors (Lipinski definition) is 9. The van der Waals surface area contributed by atoms with E-state index in [1.54, 1.807) is 36.9 Å². The second-order valence-electron chi connectivity index (χ2n) is 14.9. The minimum Gasteiger partial charge on any atom is -0.461 e. The first-order valence-electron chi connectivity index (χ1n) is 18.1. The quantitative estimate of drug-likeness (QED) is 0.0940. The molecule has 2 aromatic carbocycles. The van der Waals surface area contributed by atoms with E-state index in [2.05, 4.69) is 17.8 Å². The van der Waals surface area contributed by atoms with Crippen molar-refractivity contribution >= 4 is 40.3 Å². The Bertz CT molecular complexity index is 2000. The van der Waals surface area contributed by atoms with Crippen molar-refractivity contribution in [2.45, 2.75) is 89.1 Å². The molecular weight excluding hydrogens is 680 g/mol. The predicted molar refractivity (Wildman–Crippen MR) is 201 cm³/mol. The Morgan fingerprint density at radius 3 is 2.64 bits per heavy atom. The van der Waals surface area contributed by atoms with E-state index in [9.17, 15) is 14.0 Å². The minimum atomic E-state index is -0.960. The van der Waals surface area contributed by atoms with Crippen LogP contribution in [-0.2, 0) is 16.0 Å². The number of nitrogens with zero attached hydrogens (tertiary/aromatic N) is 4. The maximum absolute atomic E-state index is 15.2. The first-order chi connectivity index (χ1) is 25.3. The molecule has 12 heteroatoms. The Labute approximate surface area is 309 Å². The van der Waals surface area contributed by atoms with Crippen LogP contribution in [-0.4, -0.2) is 89.0 Å². The average molecular weight is 728 g/mol. The molecule has 3 aromatic rings. The molecule has 0 spiro atoms. The number of benzene rings is 2. The van der Waals surface area contributed by atoms with Crippen molar-refractivity contribution < 1.29 is 32.6 Å². The van der Waals surface area contributed by atoms with Gasteiger partial charge in [0, 0.05) is 37.5 Å². The third kappa shape index (κ3) is 7.72. The van der Waals surface area contributed by atoms with Crippen LogP contribution < -0.4 is 14.8 Å². The van der Waals surface area contributed by atoms with Gasteiger partial charge in [-0.1, -0.05) is 31.4 Å². The van der Waals surface area contributed by atoms with Crippen LogP contribution in [0, 0.1) is 18.2 Å². The first kappa shape index (κ1) is 37.7. The number of fused-ring (bicyclic) bond motifs is 2. The van der Waals surface area contributed by atoms with E-state index in [1.807, 2.05) is 32.0 Å². The number of hydrogen-bond donors (Lipinski definition) is 1. The number of likely N-dealkylation sites (N-methyl/N-ethyl adjacent to an activating group) is 2. The second kappa shape index (κ2) is 15.1. The van der Waals surface area contributed by atoms with Gasteiger partial charge in [-0.25, -0.2) is 13.6 Å². The Hall–Kier alpha value is -5.02. The van der Waals surface area contributed by atoms with Crippen LogP contribution in [0.5, 0.6) is 11.8 Å². The number of amides is 1. The predicted octanol–water partition coefficient (Wildman–Crippen LogP) is 7.34. The fourth-order valence-electron chi connectivity index (χ4n) is 7.83. The summed E-state index contributed by atoms with van der Waals surface area (Å²) in [7, 11) is 3.68. The lowest BCUT2D eigenvalue weighted by molar-refractivity contribution is -0.129. The monoisotopic (exact) mass is 727 g/mol. The summed E-state index contributed by atoms with van der Waals surface area (Å²) in [6, 6.07) is 6.30. The zero-order valence-corrected chi connectivity index (χ0v) is 31.1. The number of likely N-dealkylation sites (tertiary alicyclic amines) is 1. The molecule has 1 amide bonds. The van der Waals surface area contributed by atoms with Crippen molar-refractivity contribution in [3.63, 3.8) is 0 Å². The molecule has 280 valence electrons. The van der Waals surface area contributed by atoms with Crippen molar-refractivity contribution in [3.8, 4) is 24.1 Å². The van der Waals surface area contributed by atoms with Crippen LogP contribution in [0.4, 0.5) is 19.4 Å². The van der Waals surface area contributed by atoms with Gasteiger partial charge in [-0.2, -0.15) is 9.97 Å². The number of rotatable bonds is 11. The highest BCUT2D eigenvalue weighted by molar-refractivity contribution is 6.02. The van der Waals surface area contributed by atoms with Gasteiger partial charge < -0.3 is 24.4 Å². The van der Waals surface area contributed by atoms with E-state index in [-0.39, 0.29) is 35.9 Å². The summed E-state index contributed by atoms with van der Waals surface area (Å²) in [5.41, 5.74) is 1.92. The summed E-state index contributed by atoms with van der Waals surface area (Å²) in [5.74, 6) is 2.61. The van der Waals surface area contributed by atoms with Crippen molar-refractivity contribution in [2.24, 2.45) is 0 Å². The molecular formula is C41H47F2N5O5. The molecule has 6 rings (SSSR count). The minimum absolute atomic E-state index is 0.0923. The van der Waals surface area contributed by atoms with E-state index in [1.165, 1.54) is 12.1 Å². The standard InChI is InChI=1S/C41H47F2N5O5/c1-8-30-33(43)15-13-27-18-29(53-39(50)52-25(3)4)20-32(36(27)30)26-12-14-31-34(19-26)45-38(51-24-40(5)21-28(42)22-47(40)6)46-37(31)44-23-41(16-10-11-17-41)48(7)35(49)9-2/h1,9,13,15,18-20,25,28H,2,10-12,14,16-17,21-24H2,3-7H3,(H,44,45,46)/t28-,40+/m1/s1. The summed E-state index contributed by atoms with van der Waals surface area (Å²) >= 11 is 0. The van der Waals surface area contributed by atoms with Crippen LogP contribution >= 0.6 is 0 Å². The number of allylic oxidation sites excluding steroid dienone is 1. The van der Waals surface area contributed by atoms with E-state index < -0.39 is 29.2 Å². The average Bonchev–Trinajstić information content (AvgIpc) is 3.71. The second-order valence-corrected chi connectivity index (χ2v) is 14.9. The molecule has 53 heavy (non-hydrogen) atoms. The Morgan fingerprint density at radius 1 is 1.23 bits per heavy atom. The molecule has 1 N–H and O–H groups in total. The van der Waals surface area contributed by atoms with Crippen molar-refractivity contribution in [3.05, 3.63) is 65.1 Å². The summed E-state index contributed by atoms with van der Waals surface area (Å²) in [6.45, 7) is 10.0. The van der Waals surface area contributed by atoms with Gasteiger partial charge in [0.2, 0.25) is 5.91 Å². The maximum Gasteiger partial charge on any atom is 0.514 e. The number of ether oxygens (including phenoxy) is 3. The largest absolute Gasteiger partial charge is 0.514 e. The van der Waals surface area contributed by atoms with Gasteiger partial charge in [0.15, 0.2) is 0 Å². The Morgan fingerprint density at radius 2 is 1.98 bits per heavy atom. The number of terminal acetylenes is 1. The zero-order chi connectivity index (χ0) is 38.1. The zero-order valence-electron chi connectivity index (χ0n) is 31.1. The van der Waals surface area contributed by atoms with Gasteiger partial charge in [-0.15, -0.1) is 6.42 Å². The van der Waals surface area contributed by atoms with E-state index >= 15 is 4.39 Å². The number of carbonyl (C=O) groups is 2. The molecule has 0 unspecified atom stereocenters. The molecule has 1 saturated carbocycles. The van der Waals surface area contributed by atoms with E-state index in [0.29, 0.717) is 60.2 Å². The van der Waals surface area contributed by atoms with Crippen LogP contribution in [0.25, 0.3) is 22.4 Å². The molecule has 2 aliphatic carbocycles. The number of alkyl halides is 1. The Kier molecular flexibility index (Phi) is 10.8. The lowest BCUT2D eigenvalue weighted by Crippen LogP contribution is -2.51. The van der Waals surface area contributed by atoms with Crippen LogP contribution in [0.1, 0.15) is 81.7 Å². The highest BCUT2D eigenvalue weighted by Crippen LogP contribution is 2.41. The van der Waals surface area contributed by atoms with Gasteiger partial charge in [-0.3, -0.25) is 9.69 Å². The van der Waals surface area contributed by atoms with E-state index in [0.717, 1.165) is 36.8 Å². The smallest absolute Gasteiger partial charge is 0.461 e. The molecule has 0 radical (unpaired) electrons.